The molecule has 0 radical (unpaired) electrons. The summed E-state index contributed by atoms with van der Waals surface area (Å²) < 4.78 is 18.1. The standard InChI is InChI=1S/C18H25FN2O4/c1-5-11(2)16(18(24)25-4)21-17(23)15(20-12(3)22)10-13-7-6-8-14(19)9-13/h6-9,11,15-16H,5,10H2,1-4H3,(H,20,22)(H,21,23)/t11-,15-,16-/m1/s1. The first kappa shape index (κ1) is 20.6. The number of benzene rings is 1. The highest BCUT2D eigenvalue weighted by molar-refractivity contribution is 5.90. The summed E-state index contributed by atoms with van der Waals surface area (Å²) in [6.45, 7) is 5.00. The number of ether oxygens (including phenoxy) is 1. The Hall–Kier alpha value is -2.44. The Bertz CT molecular complexity index is 621. The number of hydrogen-bond donors (Lipinski definition) is 2. The van der Waals surface area contributed by atoms with Gasteiger partial charge in [-0.05, 0) is 23.6 Å². The van der Waals surface area contributed by atoms with Crippen LogP contribution in [-0.2, 0) is 25.5 Å². The zero-order valence-corrected chi connectivity index (χ0v) is 15.0. The van der Waals surface area contributed by atoms with Crippen molar-refractivity contribution in [2.24, 2.45) is 5.92 Å². The van der Waals surface area contributed by atoms with Gasteiger partial charge in [0, 0.05) is 13.3 Å². The van der Waals surface area contributed by atoms with Crippen LogP contribution in [0.3, 0.4) is 0 Å². The second-order valence-corrected chi connectivity index (χ2v) is 5.98. The number of amides is 2. The van der Waals surface area contributed by atoms with Gasteiger partial charge in [0.2, 0.25) is 11.8 Å². The molecular weight excluding hydrogens is 327 g/mol. The summed E-state index contributed by atoms with van der Waals surface area (Å²) >= 11 is 0. The van der Waals surface area contributed by atoms with E-state index in [2.05, 4.69) is 10.6 Å². The molecule has 0 fully saturated rings. The smallest absolute Gasteiger partial charge is 0.328 e. The van der Waals surface area contributed by atoms with Gasteiger partial charge in [-0.25, -0.2) is 9.18 Å². The lowest BCUT2D eigenvalue weighted by Gasteiger charge is -2.25. The van der Waals surface area contributed by atoms with Gasteiger partial charge < -0.3 is 15.4 Å². The number of rotatable bonds is 8. The lowest BCUT2D eigenvalue weighted by molar-refractivity contribution is -0.146. The summed E-state index contributed by atoms with van der Waals surface area (Å²) in [5.41, 5.74) is 0.562. The van der Waals surface area contributed by atoms with E-state index in [1.165, 1.54) is 32.2 Å². The Morgan fingerprint density at radius 3 is 2.44 bits per heavy atom. The molecule has 0 aliphatic carbocycles. The Labute approximate surface area is 147 Å². The molecule has 0 saturated carbocycles. The highest BCUT2D eigenvalue weighted by Crippen LogP contribution is 2.11. The van der Waals surface area contributed by atoms with Crippen LogP contribution < -0.4 is 10.6 Å². The van der Waals surface area contributed by atoms with Crippen LogP contribution in [0, 0.1) is 11.7 Å². The number of methoxy groups -OCH3 is 1. The van der Waals surface area contributed by atoms with E-state index in [0.717, 1.165) is 0 Å². The molecule has 0 spiro atoms. The maximum absolute atomic E-state index is 13.3. The Morgan fingerprint density at radius 1 is 1.24 bits per heavy atom. The van der Waals surface area contributed by atoms with Crippen molar-refractivity contribution >= 4 is 17.8 Å². The van der Waals surface area contributed by atoms with Gasteiger partial charge in [0.15, 0.2) is 0 Å². The third-order valence-corrected chi connectivity index (χ3v) is 3.99. The Kier molecular flexibility index (Phi) is 8.04. The molecule has 0 unspecified atom stereocenters. The second kappa shape index (κ2) is 9.76. The van der Waals surface area contributed by atoms with E-state index < -0.39 is 35.7 Å². The minimum atomic E-state index is -0.921. The molecule has 7 heteroatoms. The van der Waals surface area contributed by atoms with Gasteiger partial charge in [-0.2, -0.15) is 0 Å². The SMILES string of the molecule is CC[C@@H](C)[C@@H](NC(=O)[C@@H](Cc1cccc(F)c1)NC(C)=O)C(=O)OC. The van der Waals surface area contributed by atoms with E-state index in [1.54, 1.807) is 6.07 Å². The van der Waals surface area contributed by atoms with Crippen LogP contribution in [0.4, 0.5) is 4.39 Å². The van der Waals surface area contributed by atoms with Crippen molar-refractivity contribution in [1.82, 2.24) is 10.6 Å². The topological polar surface area (TPSA) is 84.5 Å². The number of carbonyl (C=O) groups excluding carboxylic acids is 3. The normalized spacial score (nSPS) is 14.1. The van der Waals surface area contributed by atoms with E-state index in [1.807, 2.05) is 13.8 Å². The summed E-state index contributed by atoms with van der Waals surface area (Å²) in [4.78, 5) is 35.9. The zero-order chi connectivity index (χ0) is 19.0. The highest BCUT2D eigenvalue weighted by atomic mass is 19.1. The molecule has 25 heavy (non-hydrogen) atoms. The molecule has 1 rings (SSSR count). The molecular formula is C18H25FN2O4. The number of nitrogens with one attached hydrogen (secondary N) is 2. The molecule has 0 aromatic heterocycles. The van der Waals surface area contributed by atoms with Gasteiger partial charge in [0.25, 0.3) is 0 Å². The van der Waals surface area contributed by atoms with Crippen molar-refractivity contribution in [3.05, 3.63) is 35.6 Å². The zero-order valence-electron chi connectivity index (χ0n) is 15.0. The first-order chi connectivity index (χ1) is 11.8. The number of esters is 1. The van der Waals surface area contributed by atoms with Crippen molar-refractivity contribution in [2.45, 2.75) is 45.7 Å². The van der Waals surface area contributed by atoms with Crippen LogP contribution in [0.15, 0.2) is 24.3 Å². The van der Waals surface area contributed by atoms with Crippen LogP contribution in [0.5, 0.6) is 0 Å². The van der Waals surface area contributed by atoms with Crippen LogP contribution >= 0.6 is 0 Å². The van der Waals surface area contributed by atoms with Crippen molar-refractivity contribution in [3.63, 3.8) is 0 Å². The fourth-order valence-corrected chi connectivity index (χ4v) is 2.40. The molecule has 0 aliphatic rings. The second-order valence-electron chi connectivity index (χ2n) is 5.98. The molecule has 0 bridgehead atoms. The largest absolute Gasteiger partial charge is 0.467 e. The average molecular weight is 352 g/mol. The van der Waals surface area contributed by atoms with Crippen LogP contribution in [0.2, 0.25) is 0 Å². The van der Waals surface area contributed by atoms with Crippen molar-refractivity contribution in [3.8, 4) is 0 Å². The summed E-state index contributed by atoms with van der Waals surface area (Å²) in [6.07, 6.45) is 0.770. The number of halogens is 1. The van der Waals surface area contributed by atoms with Gasteiger partial charge in [0.1, 0.15) is 17.9 Å². The molecule has 3 atom stereocenters. The predicted molar refractivity (Wildman–Crippen MR) is 91.1 cm³/mol. The third-order valence-electron chi connectivity index (χ3n) is 3.99. The van der Waals surface area contributed by atoms with Crippen molar-refractivity contribution < 1.29 is 23.5 Å². The third kappa shape index (κ3) is 6.52. The molecule has 0 aliphatic heterocycles. The minimum absolute atomic E-state index is 0.109. The highest BCUT2D eigenvalue weighted by Gasteiger charge is 2.30. The maximum atomic E-state index is 13.3. The quantitative estimate of drug-likeness (QED) is 0.696. The lowest BCUT2D eigenvalue weighted by Crippen LogP contribution is -2.54. The molecule has 0 saturated heterocycles. The van der Waals surface area contributed by atoms with Gasteiger partial charge >= 0.3 is 5.97 Å². The van der Waals surface area contributed by atoms with Gasteiger partial charge in [-0.3, -0.25) is 9.59 Å². The summed E-state index contributed by atoms with van der Waals surface area (Å²) in [5, 5.41) is 5.18. The minimum Gasteiger partial charge on any atom is -0.467 e. The van der Waals surface area contributed by atoms with Gasteiger partial charge in [0.05, 0.1) is 7.11 Å². The maximum Gasteiger partial charge on any atom is 0.328 e. The molecule has 138 valence electrons. The predicted octanol–water partition coefficient (Wildman–Crippen LogP) is 1.58. The first-order valence-corrected chi connectivity index (χ1v) is 8.18. The first-order valence-electron chi connectivity index (χ1n) is 8.18. The summed E-state index contributed by atoms with van der Waals surface area (Å²) in [5.74, 6) is -2.02. The fourth-order valence-electron chi connectivity index (χ4n) is 2.40. The van der Waals surface area contributed by atoms with E-state index >= 15 is 0 Å². The van der Waals surface area contributed by atoms with Crippen LogP contribution in [0.1, 0.15) is 32.8 Å². The van der Waals surface area contributed by atoms with Crippen LogP contribution in [-0.4, -0.2) is 37.0 Å². The lowest BCUT2D eigenvalue weighted by atomic mass is 9.98. The average Bonchev–Trinajstić information content (AvgIpc) is 2.57. The Morgan fingerprint density at radius 2 is 1.92 bits per heavy atom. The van der Waals surface area contributed by atoms with Crippen molar-refractivity contribution in [2.75, 3.05) is 7.11 Å². The monoisotopic (exact) mass is 352 g/mol. The van der Waals surface area contributed by atoms with E-state index in [-0.39, 0.29) is 12.3 Å². The molecule has 6 nitrogen and oxygen atoms in total. The van der Waals surface area contributed by atoms with E-state index in [9.17, 15) is 18.8 Å². The fraction of sp³-hybridized carbons (Fsp3) is 0.500. The Balaban J connectivity index is 2.94. The number of hydrogen-bond acceptors (Lipinski definition) is 4. The molecule has 1 aromatic rings. The molecule has 1 aromatic carbocycles. The molecule has 2 N–H and O–H groups in total. The van der Waals surface area contributed by atoms with Crippen LogP contribution in [0.25, 0.3) is 0 Å². The number of carbonyl (C=O) groups is 3. The van der Waals surface area contributed by atoms with Gasteiger partial charge in [-0.1, -0.05) is 32.4 Å². The van der Waals surface area contributed by atoms with E-state index in [0.29, 0.717) is 12.0 Å². The van der Waals surface area contributed by atoms with Crippen molar-refractivity contribution in [1.29, 1.82) is 0 Å². The summed E-state index contributed by atoms with van der Waals surface area (Å²) in [6, 6.07) is 4.06. The molecule has 0 heterocycles. The summed E-state index contributed by atoms with van der Waals surface area (Å²) in [7, 11) is 1.25. The van der Waals surface area contributed by atoms with Gasteiger partial charge in [-0.15, -0.1) is 0 Å². The van der Waals surface area contributed by atoms with E-state index in [4.69, 9.17) is 4.74 Å². The molecule has 2 amide bonds.